The number of para-hydroxylation sites is 1. The predicted octanol–water partition coefficient (Wildman–Crippen LogP) is 1.66. The zero-order chi connectivity index (χ0) is 20.3. The number of amides is 1. The second-order valence-corrected chi connectivity index (χ2v) is 9.18. The maximum atomic E-state index is 13.6. The van der Waals surface area contributed by atoms with Gasteiger partial charge < -0.3 is 10.2 Å². The molecule has 1 aliphatic rings. The van der Waals surface area contributed by atoms with E-state index in [1.807, 2.05) is 0 Å². The minimum atomic E-state index is -3.77. The second kappa shape index (κ2) is 8.75. The first-order chi connectivity index (χ1) is 13.3. The van der Waals surface area contributed by atoms with Gasteiger partial charge in [-0.25, -0.2) is 12.8 Å². The summed E-state index contributed by atoms with van der Waals surface area (Å²) in [6.45, 7) is 1.51. The molecule has 1 fully saturated rings. The molecule has 2 aromatic carbocycles. The molecule has 2 N–H and O–H groups in total. The van der Waals surface area contributed by atoms with Gasteiger partial charge in [-0.1, -0.05) is 35.3 Å². The first-order valence-corrected chi connectivity index (χ1v) is 10.8. The van der Waals surface area contributed by atoms with Crippen LogP contribution in [-0.2, 0) is 14.8 Å². The van der Waals surface area contributed by atoms with Crippen molar-refractivity contribution in [2.75, 3.05) is 38.0 Å². The van der Waals surface area contributed by atoms with Crippen LogP contribution in [0.1, 0.15) is 0 Å². The van der Waals surface area contributed by atoms with Crippen molar-refractivity contribution in [1.29, 1.82) is 0 Å². The number of anilines is 1. The number of nitrogens with one attached hydrogen (secondary N) is 2. The maximum absolute atomic E-state index is 13.6. The van der Waals surface area contributed by atoms with Crippen molar-refractivity contribution in [3.8, 4) is 0 Å². The fraction of sp³-hybridized carbons (Fsp3) is 0.278. The topological polar surface area (TPSA) is 70.9 Å². The van der Waals surface area contributed by atoms with Crippen molar-refractivity contribution < 1.29 is 22.5 Å². The number of hydrogen-bond donors (Lipinski definition) is 2. The molecule has 0 aromatic heterocycles. The van der Waals surface area contributed by atoms with Crippen LogP contribution in [0.15, 0.2) is 47.4 Å². The minimum Gasteiger partial charge on any atom is -0.325 e. The summed E-state index contributed by atoms with van der Waals surface area (Å²) in [5.41, 5.74) is 0.128. The quantitative estimate of drug-likeness (QED) is 0.733. The smallest absolute Gasteiger partial charge is 0.279 e. The molecule has 1 amide bonds. The summed E-state index contributed by atoms with van der Waals surface area (Å²) in [5.74, 6) is -0.825. The fourth-order valence-electron chi connectivity index (χ4n) is 3.02. The molecule has 0 spiro atoms. The van der Waals surface area contributed by atoms with Crippen molar-refractivity contribution in [1.82, 2.24) is 4.31 Å². The molecule has 6 nitrogen and oxygen atoms in total. The Hall–Kier alpha value is -1.71. The molecule has 10 heteroatoms. The summed E-state index contributed by atoms with van der Waals surface area (Å²) in [6.07, 6.45) is 0. The summed E-state index contributed by atoms with van der Waals surface area (Å²) < 4.78 is 40.6. The Kier molecular flexibility index (Phi) is 6.57. The van der Waals surface area contributed by atoms with Gasteiger partial charge >= 0.3 is 0 Å². The first kappa shape index (κ1) is 21.0. The molecule has 0 bridgehead atoms. The van der Waals surface area contributed by atoms with E-state index < -0.39 is 15.8 Å². The highest BCUT2D eigenvalue weighted by Crippen LogP contribution is 2.27. The Labute approximate surface area is 172 Å². The second-order valence-electron chi connectivity index (χ2n) is 6.43. The first-order valence-electron chi connectivity index (χ1n) is 8.60. The largest absolute Gasteiger partial charge is 0.325 e. The fourth-order valence-corrected chi connectivity index (χ4v) is 5.20. The lowest BCUT2D eigenvalue weighted by Gasteiger charge is -2.31. The van der Waals surface area contributed by atoms with E-state index in [1.165, 1.54) is 34.6 Å². The number of carbonyl (C=O) groups is 1. The monoisotopic (exact) mass is 446 g/mol. The summed E-state index contributed by atoms with van der Waals surface area (Å²) in [6, 6.07) is 10.2. The van der Waals surface area contributed by atoms with Crippen molar-refractivity contribution >= 4 is 44.8 Å². The molecular weight excluding hydrogens is 428 g/mol. The highest BCUT2D eigenvalue weighted by Gasteiger charge is 2.32. The molecule has 0 aliphatic carbocycles. The summed E-state index contributed by atoms with van der Waals surface area (Å²) in [7, 11) is -3.77. The van der Waals surface area contributed by atoms with Gasteiger partial charge in [0, 0.05) is 5.02 Å². The lowest BCUT2D eigenvalue weighted by atomic mass is 10.3. The lowest BCUT2D eigenvalue weighted by molar-refractivity contribution is -0.895. The number of sulfonamides is 1. The van der Waals surface area contributed by atoms with Crippen molar-refractivity contribution in [2.45, 2.75) is 4.90 Å². The molecule has 150 valence electrons. The molecule has 0 radical (unpaired) electrons. The molecule has 0 unspecified atom stereocenters. The highest BCUT2D eigenvalue weighted by molar-refractivity contribution is 7.89. The number of nitrogens with zero attached hydrogens (tertiary/aromatic N) is 1. The number of quaternary nitrogens is 1. The molecule has 0 atom stereocenters. The van der Waals surface area contributed by atoms with Gasteiger partial charge in [-0.3, -0.25) is 4.79 Å². The zero-order valence-corrected chi connectivity index (χ0v) is 17.1. The van der Waals surface area contributed by atoms with E-state index in [0.717, 1.165) is 4.90 Å². The number of carbonyl (C=O) groups excluding carboxylic acids is 1. The van der Waals surface area contributed by atoms with Crippen LogP contribution in [0.5, 0.6) is 0 Å². The van der Waals surface area contributed by atoms with Gasteiger partial charge in [0.2, 0.25) is 10.0 Å². The van der Waals surface area contributed by atoms with E-state index in [4.69, 9.17) is 23.2 Å². The molecule has 1 saturated heterocycles. The van der Waals surface area contributed by atoms with Gasteiger partial charge in [-0.15, -0.1) is 0 Å². The average molecular weight is 447 g/mol. The lowest BCUT2D eigenvalue weighted by Crippen LogP contribution is -3.15. The number of piperazine rings is 1. The Balaban J connectivity index is 1.59. The van der Waals surface area contributed by atoms with Crippen LogP contribution in [-0.4, -0.2) is 51.4 Å². The predicted molar refractivity (Wildman–Crippen MR) is 106 cm³/mol. The number of rotatable bonds is 5. The van der Waals surface area contributed by atoms with Crippen LogP contribution in [0.3, 0.4) is 0 Å². The van der Waals surface area contributed by atoms with Gasteiger partial charge in [-0.2, -0.15) is 4.31 Å². The van der Waals surface area contributed by atoms with Gasteiger partial charge in [0.1, 0.15) is 10.7 Å². The normalized spacial score (nSPS) is 16.1. The molecule has 0 saturated carbocycles. The molecule has 1 heterocycles. The van der Waals surface area contributed by atoms with Crippen LogP contribution in [0.4, 0.5) is 10.1 Å². The maximum Gasteiger partial charge on any atom is 0.279 e. The SMILES string of the molecule is O=C(C[NH+]1CCN(S(=O)(=O)c2cc(Cl)ccc2Cl)CC1)Nc1ccccc1F. The van der Waals surface area contributed by atoms with Crippen LogP contribution >= 0.6 is 23.2 Å². The highest BCUT2D eigenvalue weighted by atomic mass is 35.5. The van der Waals surface area contributed by atoms with Gasteiger partial charge in [-0.05, 0) is 30.3 Å². The molecule has 2 aromatic rings. The Morgan fingerprint density at radius 1 is 1.14 bits per heavy atom. The third-order valence-electron chi connectivity index (χ3n) is 4.50. The van der Waals surface area contributed by atoms with E-state index in [-0.39, 0.29) is 46.2 Å². The van der Waals surface area contributed by atoms with E-state index in [9.17, 15) is 17.6 Å². The summed E-state index contributed by atoms with van der Waals surface area (Å²) in [4.78, 5) is 13.0. The standard InChI is InChI=1S/C18H18Cl2FN3O3S/c19-13-5-6-14(20)17(11-13)28(26,27)24-9-7-23(8-10-24)12-18(25)22-16-4-2-1-3-15(16)21/h1-6,11H,7-10,12H2,(H,22,25)/p+1. The molecule has 28 heavy (non-hydrogen) atoms. The van der Waals surface area contributed by atoms with Crippen LogP contribution in [0, 0.1) is 5.82 Å². The molecule has 3 rings (SSSR count). The van der Waals surface area contributed by atoms with E-state index in [1.54, 1.807) is 12.1 Å². The van der Waals surface area contributed by atoms with E-state index in [2.05, 4.69) is 5.32 Å². The third kappa shape index (κ3) is 4.82. The van der Waals surface area contributed by atoms with Gasteiger partial charge in [0.05, 0.1) is 36.9 Å². The molecular formula is C18H19Cl2FN3O3S+. The van der Waals surface area contributed by atoms with E-state index in [0.29, 0.717) is 13.1 Å². The number of benzene rings is 2. The van der Waals surface area contributed by atoms with Crippen molar-refractivity contribution in [3.05, 3.63) is 58.3 Å². The van der Waals surface area contributed by atoms with Gasteiger partial charge in [0.15, 0.2) is 6.54 Å². The van der Waals surface area contributed by atoms with Crippen molar-refractivity contribution in [3.63, 3.8) is 0 Å². The van der Waals surface area contributed by atoms with Gasteiger partial charge in [0.25, 0.3) is 5.91 Å². The Bertz CT molecular complexity index is 980. The Morgan fingerprint density at radius 3 is 2.50 bits per heavy atom. The summed E-state index contributed by atoms with van der Waals surface area (Å²) in [5, 5.41) is 2.94. The average Bonchev–Trinajstić information content (AvgIpc) is 2.66. The zero-order valence-electron chi connectivity index (χ0n) is 14.8. The van der Waals surface area contributed by atoms with Crippen molar-refractivity contribution in [2.24, 2.45) is 0 Å². The van der Waals surface area contributed by atoms with Crippen LogP contribution in [0.2, 0.25) is 10.0 Å². The minimum absolute atomic E-state index is 0.0255. The third-order valence-corrected chi connectivity index (χ3v) is 7.11. The molecule has 1 aliphatic heterocycles. The van der Waals surface area contributed by atoms with Crippen LogP contribution < -0.4 is 10.2 Å². The van der Waals surface area contributed by atoms with E-state index >= 15 is 0 Å². The Morgan fingerprint density at radius 2 is 1.82 bits per heavy atom. The number of halogens is 3. The number of hydrogen-bond acceptors (Lipinski definition) is 3. The van der Waals surface area contributed by atoms with Crippen LogP contribution in [0.25, 0.3) is 0 Å². The summed E-state index contributed by atoms with van der Waals surface area (Å²) >= 11 is 11.9.